The van der Waals surface area contributed by atoms with Crippen molar-refractivity contribution in [3.63, 3.8) is 0 Å². The summed E-state index contributed by atoms with van der Waals surface area (Å²) < 4.78 is 7.79. The number of fused-ring (bicyclic) bond motifs is 1. The van der Waals surface area contributed by atoms with E-state index in [0.717, 1.165) is 55.3 Å². The Bertz CT molecular complexity index is 810. The number of anilines is 1. The average molecular weight is 324 g/mol. The lowest BCUT2D eigenvalue weighted by atomic mass is 9.98. The van der Waals surface area contributed by atoms with Crippen molar-refractivity contribution < 1.29 is 4.74 Å². The van der Waals surface area contributed by atoms with Crippen LogP contribution in [0, 0.1) is 5.92 Å². The van der Waals surface area contributed by atoms with Crippen LogP contribution in [0.15, 0.2) is 37.2 Å². The summed E-state index contributed by atoms with van der Waals surface area (Å²) in [6.45, 7) is 2.68. The van der Waals surface area contributed by atoms with Crippen LogP contribution in [-0.4, -0.2) is 44.2 Å². The van der Waals surface area contributed by atoms with Gasteiger partial charge in [0.1, 0.15) is 12.1 Å². The van der Waals surface area contributed by atoms with E-state index in [1.54, 1.807) is 25.0 Å². The first-order valence-corrected chi connectivity index (χ1v) is 8.21. The molecule has 0 amide bonds. The number of piperidine rings is 1. The topological polar surface area (TPSA) is 69.0 Å². The number of aromatic nitrogens is 5. The summed E-state index contributed by atoms with van der Waals surface area (Å²) in [4.78, 5) is 19.5. The van der Waals surface area contributed by atoms with Gasteiger partial charge < -0.3 is 14.2 Å². The third-order valence-electron chi connectivity index (χ3n) is 4.53. The van der Waals surface area contributed by atoms with E-state index in [9.17, 15) is 0 Å². The first-order chi connectivity index (χ1) is 11.8. The van der Waals surface area contributed by atoms with Crippen molar-refractivity contribution in [1.29, 1.82) is 0 Å². The first-order valence-electron chi connectivity index (χ1n) is 8.21. The van der Waals surface area contributed by atoms with Crippen LogP contribution in [0.25, 0.3) is 11.2 Å². The summed E-state index contributed by atoms with van der Waals surface area (Å²) >= 11 is 0. The lowest BCUT2D eigenvalue weighted by Gasteiger charge is -2.32. The van der Waals surface area contributed by atoms with E-state index < -0.39 is 0 Å². The maximum absolute atomic E-state index is 5.86. The highest BCUT2D eigenvalue weighted by Crippen LogP contribution is 2.26. The number of aryl methyl sites for hydroxylation is 1. The molecule has 4 heterocycles. The van der Waals surface area contributed by atoms with E-state index in [1.165, 1.54) is 0 Å². The molecule has 0 radical (unpaired) electrons. The summed E-state index contributed by atoms with van der Waals surface area (Å²) in [6, 6.07) is 3.79. The van der Waals surface area contributed by atoms with Crippen molar-refractivity contribution in [2.24, 2.45) is 13.0 Å². The van der Waals surface area contributed by atoms with Crippen molar-refractivity contribution in [3.8, 4) is 5.75 Å². The van der Waals surface area contributed by atoms with Crippen molar-refractivity contribution in [2.45, 2.75) is 12.8 Å². The molecule has 0 unspecified atom stereocenters. The van der Waals surface area contributed by atoms with Crippen molar-refractivity contribution >= 4 is 17.0 Å². The molecule has 0 aliphatic carbocycles. The molecule has 0 atom stereocenters. The second-order valence-electron chi connectivity index (χ2n) is 6.15. The minimum absolute atomic E-state index is 0.565. The van der Waals surface area contributed by atoms with Gasteiger partial charge in [0.05, 0.1) is 12.9 Å². The van der Waals surface area contributed by atoms with E-state index >= 15 is 0 Å². The highest BCUT2D eigenvalue weighted by molar-refractivity contribution is 5.83. The Morgan fingerprint density at radius 3 is 2.71 bits per heavy atom. The van der Waals surface area contributed by atoms with Gasteiger partial charge in [0, 0.05) is 32.5 Å². The number of nitrogens with zero attached hydrogens (tertiary/aromatic N) is 6. The monoisotopic (exact) mass is 324 g/mol. The van der Waals surface area contributed by atoms with Crippen LogP contribution in [0.2, 0.25) is 0 Å². The van der Waals surface area contributed by atoms with Crippen molar-refractivity contribution in [2.75, 3.05) is 24.6 Å². The van der Waals surface area contributed by atoms with E-state index in [2.05, 4.69) is 24.8 Å². The second kappa shape index (κ2) is 6.43. The molecular formula is C17H20N6O. The molecule has 1 fully saturated rings. The van der Waals surface area contributed by atoms with Crippen LogP contribution >= 0.6 is 0 Å². The number of hydrogen-bond acceptors (Lipinski definition) is 6. The lowest BCUT2D eigenvalue weighted by Crippen LogP contribution is -2.36. The van der Waals surface area contributed by atoms with E-state index in [1.807, 2.05) is 23.7 Å². The smallest absolute Gasteiger partial charge is 0.165 e. The van der Waals surface area contributed by atoms with Gasteiger partial charge in [-0.05, 0) is 30.9 Å². The van der Waals surface area contributed by atoms with Crippen LogP contribution in [0.4, 0.5) is 5.82 Å². The Kier molecular flexibility index (Phi) is 3.98. The molecule has 7 heteroatoms. The third kappa shape index (κ3) is 2.89. The Balaban J connectivity index is 1.39. The zero-order valence-electron chi connectivity index (χ0n) is 13.7. The van der Waals surface area contributed by atoms with Crippen LogP contribution in [0.3, 0.4) is 0 Å². The van der Waals surface area contributed by atoms with Gasteiger partial charge in [-0.25, -0.2) is 15.0 Å². The Morgan fingerprint density at radius 2 is 1.92 bits per heavy atom. The Morgan fingerprint density at radius 1 is 1.12 bits per heavy atom. The minimum atomic E-state index is 0.565. The normalized spacial score (nSPS) is 15.8. The molecule has 7 nitrogen and oxygen atoms in total. The number of pyridine rings is 1. The number of ether oxygens (including phenoxy) is 1. The molecule has 0 saturated carbocycles. The molecule has 1 saturated heterocycles. The van der Waals surface area contributed by atoms with Gasteiger partial charge in [-0.15, -0.1) is 0 Å². The predicted octanol–water partition coefficient (Wildman–Crippen LogP) is 2.05. The fourth-order valence-electron chi connectivity index (χ4n) is 3.12. The molecule has 0 N–H and O–H groups in total. The van der Waals surface area contributed by atoms with Gasteiger partial charge in [-0.3, -0.25) is 4.98 Å². The maximum atomic E-state index is 5.86. The van der Waals surface area contributed by atoms with Gasteiger partial charge in [0.25, 0.3) is 0 Å². The van der Waals surface area contributed by atoms with Gasteiger partial charge >= 0.3 is 0 Å². The molecular weight excluding hydrogens is 304 g/mol. The fraction of sp³-hybridized carbons (Fsp3) is 0.412. The SMILES string of the molecule is Cn1cnc2c(N3CCC(COc4ccncc4)CC3)ncnc21. The number of rotatable bonds is 4. The van der Waals surface area contributed by atoms with Crippen LogP contribution in [0.1, 0.15) is 12.8 Å². The summed E-state index contributed by atoms with van der Waals surface area (Å²) in [5.74, 6) is 2.39. The summed E-state index contributed by atoms with van der Waals surface area (Å²) in [5.41, 5.74) is 1.76. The molecule has 1 aliphatic rings. The zero-order valence-corrected chi connectivity index (χ0v) is 13.7. The summed E-state index contributed by atoms with van der Waals surface area (Å²) in [6.07, 6.45) is 9.10. The van der Waals surface area contributed by atoms with Gasteiger partial charge in [-0.2, -0.15) is 0 Å². The van der Waals surface area contributed by atoms with Crippen LogP contribution in [-0.2, 0) is 7.05 Å². The second-order valence-corrected chi connectivity index (χ2v) is 6.15. The van der Waals surface area contributed by atoms with E-state index in [-0.39, 0.29) is 0 Å². The molecule has 0 bridgehead atoms. The standard InChI is InChI=1S/C17H20N6O/c1-22-12-21-15-16(22)19-11-20-17(15)23-8-4-13(5-9-23)10-24-14-2-6-18-7-3-14/h2-3,6-7,11-13H,4-5,8-10H2,1H3. The predicted molar refractivity (Wildman–Crippen MR) is 91.0 cm³/mol. The van der Waals surface area contributed by atoms with E-state index in [0.29, 0.717) is 5.92 Å². The van der Waals surface area contributed by atoms with Crippen LogP contribution < -0.4 is 9.64 Å². The zero-order chi connectivity index (χ0) is 16.4. The molecule has 1 aliphatic heterocycles. The molecule has 3 aromatic heterocycles. The largest absolute Gasteiger partial charge is 0.493 e. The number of hydrogen-bond donors (Lipinski definition) is 0. The average Bonchev–Trinajstić information content (AvgIpc) is 3.03. The highest BCUT2D eigenvalue weighted by atomic mass is 16.5. The summed E-state index contributed by atoms with van der Waals surface area (Å²) in [7, 11) is 1.95. The molecule has 24 heavy (non-hydrogen) atoms. The van der Waals surface area contributed by atoms with Crippen LogP contribution in [0.5, 0.6) is 5.75 Å². The molecule has 0 spiro atoms. The Hall–Kier alpha value is -2.70. The Labute approximate surface area is 140 Å². The van der Waals surface area contributed by atoms with Gasteiger partial charge in [0.15, 0.2) is 17.0 Å². The molecule has 4 rings (SSSR count). The quantitative estimate of drug-likeness (QED) is 0.731. The van der Waals surface area contributed by atoms with E-state index in [4.69, 9.17) is 4.74 Å². The first kappa shape index (κ1) is 14.9. The van der Waals surface area contributed by atoms with Crippen molar-refractivity contribution in [3.05, 3.63) is 37.2 Å². The third-order valence-corrected chi connectivity index (χ3v) is 4.53. The molecule has 3 aromatic rings. The minimum Gasteiger partial charge on any atom is -0.493 e. The lowest BCUT2D eigenvalue weighted by molar-refractivity contribution is 0.222. The van der Waals surface area contributed by atoms with Gasteiger partial charge in [0.2, 0.25) is 0 Å². The molecule has 0 aromatic carbocycles. The van der Waals surface area contributed by atoms with Crippen molar-refractivity contribution in [1.82, 2.24) is 24.5 Å². The highest BCUT2D eigenvalue weighted by Gasteiger charge is 2.23. The maximum Gasteiger partial charge on any atom is 0.165 e. The number of imidazole rings is 1. The fourth-order valence-corrected chi connectivity index (χ4v) is 3.12. The summed E-state index contributed by atoms with van der Waals surface area (Å²) in [5, 5.41) is 0. The molecule has 124 valence electrons. The van der Waals surface area contributed by atoms with Gasteiger partial charge in [-0.1, -0.05) is 0 Å².